The zero-order chi connectivity index (χ0) is 14.8. The van der Waals surface area contributed by atoms with Gasteiger partial charge in [0.1, 0.15) is 11.7 Å². The van der Waals surface area contributed by atoms with E-state index in [1.54, 1.807) is 17.9 Å². The van der Waals surface area contributed by atoms with Crippen LogP contribution in [0.4, 0.5) is 0 Å². The predicted octanol–water partition coefficient (Wildman–Crippen LogP) is 1.81. The average Bonchev–Trinajstić information content (AvgIpc) is 2.99. The molecule has 2 saturated heterocycles. The second-order valence-corrected chi connectivity index (χ2v) is 5.15. The van der Waals surface area contributed by atoms with Crippen LogP contribution in [0.5, 0.6) is 0 Å². The Bertz CT molecular complexity index is 582. The molecule has 2 amide bonds. The Balaban J connectivity index is 2.00. The van der Waals surface area contributed by atoms with Crippen molar-refractivity contribution in [1.82, 2.24) is 9.96 Å². The first-order valence-corrected chi connectivity index (χ1v) is 7.27. The molecule has 5 nitrogen and oxygen atoms in total. The molecule has 1 aromatic rings. The molecule has 0 spiro atoms. The number of benzene rings is 1. The zero-order valence-corrected chi connectivity index (χ0v) is 12.0. The first kappa shape index (κ1) is 13.8. The maximum atomic E-state index is 12.6. The van der Waals surface area contributed by atoms with Crippen molar-refractivity contribution in [3.05, 3.63) is 41.6 Å². The van der Waals surface area contributed by atoms with Crippen LogP contribution in [0.2, 0.25) is 0 Å². The molecule has 2 aliphatic heterocycles. The standard InChI is InChI=1S/C16H18N2O3/c1-2-21-18-14(11-12-7-4-3-5-8-12)15(19)17-10-6-9-13(17)16(18)20/h3-5,7-8,11,13H,2,6,9-10H2,1H3/b14-11+. The molecule has 110 valence electrons. The van der Waals surface area contributed by atoms with Crippen LogP contribution in [0.1, 0.15) is 25.3 Å². The van der Waals surface area contributed by atoms with E-state index in [1.165, 1.54) is 5.06 Å². The van der Waals surface area contributed by atoms with Crippen LogP contribution in [0.25, 0.3) is 6.08 Å². The molecule has 0 saturated carbocycles. The molecule has 0 radical (unpaired) electrons. The lowest BCUT2D eigenvalue weighted by atomic mass is 10.1. The van der Waals surface area contributed by atoms with Crippen LogP contribution in [0.3, 0.4) is 0 Å². The maximum absolute atomic E-state index is 12.6. The smallest absolute Gasteiger partial charge is 0.273 e. The van der Waals surface area contributed by atoms with Crippen molar-refractivity contribution < 1.29 is 14.4 Å². The van der Waals surface area contributed by atoms with E-state index >= 15 is 0 Å². The van der Waals surface area contributed by atoms with Crippen LogP contribution < -0.4 is 0 Å². The van der Waals surface area contributed by atoms with Gasteiger partial charge in [0.05, 0.1) is 6.61 Å². The van der Waals surface area contributed by atoms with Gasteiger partial charge in [0.15, 0.2) is 0 Å². The highest BCUT2D eigenvalue weighted by Gasteiger charge is 2.45. The van der Waals surface area contributed by atoms with E-state index in [0.717, 1.165) is 12.0 Å². The summed E-state index contributed by atoms with van der Waals surface area (Å²) in [6, 6.07) is 9.12. The van der Waals surface area contributed by atoms with Gasteiger partial charge in [-0.05, 0) is 31.4 Å². The van der Waals surface area contributed by atoms with Gasteiger partial charge in [-0.25, -0.2) is 0 Å². The van der Waals surface area contributed by atoms with Crippen molar-refractivity contribution in [1.29, 1.82) is 0 Å². The largest absolute Gasteiger partial charge is 0.325 e. The Hall–Kier alpha value is -2.14. The summed E-state index contributed by atoms with van der Waals surface area (Å²) in [5, 5.41) is 1.18. The summed E-state index contributed by atoms with van der Waals surface area (Å²) in [5.41, 5.74) is 1.17. The van der Waals surface area contributed by atoms with Gasteiger partial charge in [-0.3, -0.25) is 14.4 Å². The van der Waals surface area contributed by atoms with Gasteiger partial charge in [-0.1, -0.05) is 30.3 Å². The van der Waals surface area contributed by atoms with E-state index in [1.807, 2.05) is 30.3 Å². The summed E-state index contributed by atoms with van der Waals surface area (Å²) in [6.07, 6.45) is 3.29. The van der Waals surface area contributed by atoms with E-state index in [4.69, 9.17) is 4.84 Å². The SMILES string of the molecule is CCON1C(=O)C2CCCN2C(=O)/C1=C\c1ccccc1. The van der Waals surface area contributed by atoms with Crippen molar-refractivity contribution in [2.75, 3.05) is 13.2 Å². The highest BCUT2D eigenvalue weighted by Crippen LogP contribution is 2.30. The van der Waals surface area contributed by atoms with Crippen molar-refractivity contribution in [3.8, 4) is 0 Å². The molecule has 0 bridgehead atoms. The molecule has 2 fully saturated rings. The van der Waals surface area contributed by atoms with Crippen LogP contribution >= 0.6 is 0 Å². The first-order valence-electron chi connectivity index (χ1n) is 7.27. The van der Waals surface area contributed by atoms with Gasteiger partial charge in [0, 0.05) is 6.54 Å². The number of piperazine rings is 1. The molecule has 1 atom stereocenters. The van der Waals surface area contributed by atoms with Crippen molar-refractivity contribution in [2.24, 2.45) is 0 Å². The number of rotatable bonds is 3. The Morgan fingerprint density at radius 2 is 2.05 bits per heavy atom. The number of carbonyl (C=O) groups is 2. The summed E-state index contributed by atoms with van der Waals surface area (Å²) in [4.78, 5) is 32.2. The Morgan fingerprint density at radius 1 is 1.29 bits per heavy atom. The number of hydroxylamine groups is 2. The fraction of sp³-hybridized carbons (Fsp3) is 0.375. The zero-order valence-electron chi connectivity index (χ0n) is 12.0. The molecule has 0 aromatic heterocycles. The number of hydrogen-bond donors (Lipinski definition) is 0. The molecule has 21 heavy (non-hydrogen) atoms. The fourth-order valence-electron chi connectivity index (χ4n) is 2.84. The summed E-state index contributed by atoms with van der Waals surface area (Å²) >= 11 is 0. The lowest BCUT2D eigenvalue weighted by Gasteiger charge is -2.36. The van der Waals surface area contributed by atoms with Crippen molar-refractivity contribution in [3.63, 3.8) is 0 Å². The molecular formula is C16H18N2O3. The van der Waals surface area contributed by atoms with Gasteiger partial charge in [0.25, 0.3) is 11.8 Å². The number of fused-ring (bicyclic) bond motifs is 1. The number of hydrogen-bond acceptors (Lipinski definition) is 3. The highest BCUT2D eigenvalue weighted by atomic mass is 16.7. The topological polar surface area (TPSA) is 49.9 Å². The maximum Gasteiger partial charge on any atom is 0.273 e. The summed E-state index contributed by atoms with van der Waals surface area (Å²) in [7, 11) is 0. The van der Waals surface area contributed by atoms with Crippen molar-refractivity contribution in [2.45, 2.75) is 25.8 Å². The van der Waals surface area contributed by atoms with E-state index in [2.05, 4.69) is 0 Å². The lowest BCUT2D eigenvalue weighted by Crippen LogP contribution is -2.55. The molecule has 5 heteroatoms. The lowest BCUT2D eigenvalue weighted by molar-refractivity contribution is -0.189. The molecule has 1 unspecified atom stereocenters. The van der Waals surface area contributed by atoms with Gasteiger partial charge in [0.2, 0.25) is 0 Å². The Labute approximate surface area is 123 Å². The predicted molar refractivity (Wildman–Crippen MR) is 77.6 cm³/mol. The van der Waals surface area contributed by atoms with Crippen LogP contribution in [0, 0.1) is 0 Å². The second kappa shape index (κ2) is 5.69. The van der Waals surface area contributed by atoms with Gasteiger partial charge in [-0.15, -0.1) is 0 Å². The number of carbonyl (C=O) groups excluding carboxylic acids is 2. The second-order valence-electron chi connectivity index (χ2n) is 5.15. The van der Waals surface area contributed by atoms with Gasteiger partial charge < -0.3 is 4.90 Å². The molecule has 3 rings (SSSR count). The monoisotopic (exact) mass is 286 g/mol. The van der Waals surface area contributed by atoms with Crippen LogP contribution in [-0.4, -0.2) is 41.0 Å². The minimum atomic E-state index is -0.364. The molecule has 1 aromatic carbocycles. The molecule has 0 aliphatic carbocycles. The van der Waals surface area contributed by atoms with E-state index in [9.17, 15) is 9.59 Å². The first-order chi connectivity index (χ1) is 10.2. The average molecular weight is 286 g/mol. The summed E-state index contributed by atoms with van der Waals surface area (Å²) in [5.74, 6) is -0.273. The van der Waals surface area contributed by atoms with Crippen LogP contribution in [-0.2, 0) is 14.4 Å². The quantitative estimate of drug-likeness (QED) is 0.796. The molecular weight excluding hydrogens is 268 g/mol. The third kappa shape index (κ3) is 2.45. The van der Waals surface area contributed by atoms with Crippen LogP contribution in [0.15, 0.2) is 36.0 Å². The van der Waals surface area contributed by atoms with Crippen molar-refractivity contribution >= 4 is 17.9 Å². The van der Waals surface area contributed by atoms with E-state index in [0.29, 0.717) is 25.3 Å². The third-order valence-electron chi connectivity index (χ3n) is 3.80. The minimum Gasteiger partial charge on any atom is -0.325 e. The van der Waals surface area contributed by atoms with Gasteiger partial charge in [-0.2, -0.15) is 5.06 Å². The number of nitrogens with zero attached hydrogens (tertiary/aromatic N) is 2. The van der Waals surface area contributed by atoms with E-state index in [-0.39, 0.29) is 17.9 Å². The van der Waals surface area contributed by atoms with Gasteiger partial charge >= 0.3 is 0 Å². The minimum absolute atomic E-state index is 0.130. The normalized spacial score (nSPS) is 23.9. The summed E-state index contributed by atoms with van der Waals surface area (Å²) in [6.45, 7) is 2.79. The van der Waals surface area contributed by atoms with E-state index < -0.39 is 0 Å². The molecule has 2 aliphatic rings. The highest BCUT2D eigenvalue weighted by molar-refractivity contribution is 6.07. The number of amides is 2. The molecule has 2 heterocycles. The fourth-order valence-corrected chi connectivity index (χ4v) is 2.84. The Kier molecular flexibility index (Phi) is 3.75. The molecule has 0 N–H and O–H groups in total. The summed E-state index contributed by atoms with van der Waals surface area (Å²) < 4.78 is 0. The third-order valence-corrected chi connectivity index (χ3v) is 3.80. The Morgan fingerprint density at radius 3 is 2.76 bits per heavy atom.